The Morgan fingerprint density at radius 3 is 1.94 bits per heavy atom. The molecule has 1 aromatic heterocycles. The molecule has 0 unspecified atom stereocenters. The van der Waals surface area contributed by atoms with E-state index in [1.807, 2.05) is 30.3 Å². The molecule has 5 nitrogen and oxygen atoms in total. The van der Waals surface area contributed by atoms with Crippen molar-refractivity contribution in [1.29, 1.82) is 0 Å². The standard InChI is InChI=1S/C14H12NO4.3C4H9.Sn/c1-18-11-4-2-10(3-5-11)9-19-12-6-7-13(14(16)17)15-8-12;3*1-3-4-2;/h2-7H,9H2,1H3,(H,16,17);3*1,3-4H2,2H3;. The van der Waals surface area contributed by atoms with Crippen molar-refractivity contribution in [2.24, 2.45) is 0 Å². The number of methoxy groups -OCH3 is 1. The number of pyridine rings is 1. The van der Waals surface area contributed by atoms with E-state index in [9.17, 15) is 9.90 Å². The molecule has 0 aliphatic rings. The van der Waals surface area contributed by atoms with Crippen LogP contribution in [0.3, 0.4) is 0 Å². The zero-order valence-corrected chi connectivity index (χ0v) is 23.0. The molecule has 1 N–H and O–H groups in total. The van der Waals surface area contributed by atoms with Gasteiger partial charge < -0.3 is 0 Å². The molecule has 0 saturated carbocycles. The Labute approximate surface area is 197 Å². The SMILES string of the molecule is CCC[CH2][Sn]([CH2]CCC)([CH2]CCC)[c]1nc(C(=O)O)ccc1OCc1ccc(OC)cc1. The third kappa shape index (κ3) is 7.39. The Bertz CT molecular complexity index is 816. The Morgan fingerprint density at radius 1 is 0.906 bits per heavy atom. The monoisotopic (exact) mass is 549 g/mol. The second-order valence-corrected chi connectivity index (χ2v) is 21.5. The quantitative estimate of drug-likeness (QED) is 0.260. The Hall–Kier alpha value is -1.76. The fraction of sp³-hybridized carbons (Fsp3) is 0.538. The fourth-order valence-corrected chi connectivity index (χ4v) is 20.2. The Morgan fingerprint density at radius 2 is 1.47 bits per heavy atom. The van der Waals surface area contributed by atoms with Crippen LogP contribution in [0.4, 0.5) is 0 Å². The minimum absolute atomic E-state index is 0.141. The number of carboxylic acid groups (broad SMARTS) is 1. The van der Waals surface area contributed by atoms with Crippen LogP contribution in [0.2, 0.25) is 13.3 Å². The maximum absolute atomic E-state index is 11.8. The zero-order valence-electron chi connectivity index (χ0n) is 20.2. The molecule has 0 saturated heterocycles. The van der Waals surface area contributed by atoms with E-state index in [-0.39, 0.29) is 5.69 Å². The zero-order chi connectivity index (χ0) is 23.4. The Kier molecular flexibility index (Phi) is 11.3. The number of rotatable bonds is 15. The van der Waals surface area contributed by atoms with Crippen LogP contribution < -0.4 is 13.2 Å². The summed E-state index contributed by atoms with van der Waals surface area (Å²) in [5, 5.41) is 9.66. The van der Waals surface area contributed by atoms with Crippen LogP contribution in [-0.2, 0) is 6.61 Å². The van der Waals surface area contributed by atoms with Gasteiger partial charge in [-0.3, -0.25) is 0 Å². The average Bonchev–Trinajstić information content (AvgIpc) is 2.82. The molecule has 1 aromatic carbocycles. The van der Waals surface area contributed by atoms with Crippen molar-refractivity contribution in [3.05, 3.63) is 47.7 Å². The first-order chi connectivity index (χ1) is 15.5. The van der Waals surface area contributed by atoms with Crippen molar-refractivity contribution < 1.29 is 19.4 Å². The summed E-state index contributed by atoms with van der Waals surface area (Å²) >= 11 is -2.98. The molecule has 0 atom stereocenters. The normalized spacial score (nSPS) is 11.4. The van der Waals surface area contributed by atoms with Gasteiger partial charge in [0.1, 0.15) is 0 Å². The molecule has 0 bridgehead atoms. The van der Waals surface area contributed by atoms with Gasteiger partial charge in [0.2, 0.25) is 0 Å². The second kappa shape index (κ2) is 13.7. The first-order valence-electron chi connectivity index (χ1n) is 12.0. The van der Waals surface area contributed by atoms with E-state index in [0.29, 0.717) is 6.61 Å². The van der Waals surface area contributed by atoms with Gasteiger partial charge in [-0.15, -0.1) is 0 Å². The van der Waals surface area contributed by atoms with Gasteiger partial charge in [0, 0.05) is 0 Å². The molecule has 6 heteroatoms. The van der Waals surface area contributed by atoms with Crippen LogP contribution in [0.5, 0.6) is 11.5 Å². The summed E-state index contributed by atoms with van der Waals surface area (Å²) in [6, 6.07) is 11.3. The van der Waals surface area contributed by atoms with E-state index in [1.165, 1.54) is 32.6 Å². The molecule has 176 valence electrons. The number of carboxylic acids is 1. The number of hydrogen-bond acceptors (Lipinski definition) is 4. The summed E-state index contributed by atoms with van der Waals surface area (Å²) in [7, 11) is 1.66. The third-order valence-electron chi connectivity index (χ3n) is 6.16. The van der Waals surface area contributed by atoms with Gasteiger partial charge in [-0.2, -0.15) is 0 Å². The van der Waals surface area contributed by atoms with Crippen molar-refractivity contribution in [2.45, 2.75) is 79.2 Å². The molecule has 2 rings (SSSR count). The molecule has 0 spiro atoms. The first kappa shape index (κ1) is 26.5. The van der Waals surface area contributed by atoms with E-state index in [4.69, 9.17) is 14.5 Å². The topological polar surface area (TPSA) is 68.7 Å². The van der Waals surface area contributed by atoms with Crippen LogP contribution in [0.15, 0.2) is 36.4 Å². The fourth-order valence-electron chi connectivity index (χ4n) is 4.22. The minimum atomic E-state index is -2.98. The number of hydrogen-bond donors (Lipinski definition) is 1. The number of ether oxygens (including phenoxy) is 2. The van der Waals surface area contributed by atoms with Crippen molar-refractivity contribution in [3.63, 3.8) is 0 Å². The van der Waals surface area contributed by atoms with Crippen LogP contribution >= 0.6 is 0 Å². The number of aromatic carboxylic acids is 1. The van der Waals surface area contributed by atoms with Gasteiger partial charge in [-0.05, 0) is 0 Å². The molecule has 2 aromatic rings. The third-order valence-corrected chi connectivity index (χ3v) is 21.3. The first-order valence-corrected chi connectivity index (χ1v) is 19.5. The molecular formula is C26H39NO4Sn. The van der Waals surface area contributed by atoms with E-state index in [1.54, 1.807) is 13.2 Å². The number of unbranched alkanes of at least 4 members (excludes halogenated alkanes) is 3. The summed E-state index contributed by atoms with van der Waals surface area (Å²) in [6.45, 7) is 7.14. The molecule has 32 heavy (non-hydrogen) atoms. The van der Waals surface area contributed by atoms with Gasteiger partial charge in [0.25, 0.3) is 0 Å². The number of carbonyl (C=O) groups is 1. The summed E-state index contributed by atoms with van der Waals surface area (Å²) in [5.41, 5.74) is 1.19. The Balaban J connectivity index is 2.46. The van der Waals surface area contributed by atoms with E-state index in [2.05, 4.69) is 20.8 Å². The van der Waals surface area contributed by atoms with Crippen LogP contribution in [0, 0.1) is 0 Å². The molecule has 0 aliphatic heterocycles. The van der Waals surface area contributed by atoms with Crippen LogP contribution in [-0.4, -0.2) is 41.5 Å². The predicted octanol–water partition coefficient (Wildman–Crippen LogP) is 6.42. The summed E-state index contributed by atoms with van der Waals surface area (Å²) in [6.07, 6.45) is 6.99. The summed E-state index contributed by atoms with van der Waals surface area (Å²) in [4.78, 5) is 16.6. The molecule has 0 fully saturated rings. The predicted molar refractivity (Wildman–Crippen MR) is 133 cm³/mol. The second-order valence-electron chi connectivity index (χ2n) is 8.58. The van der Waals surface area contributed by atoms with E-state index < -0.39 is 24.3 Å². The molecule has 0 amide bonds. The van der Waals surface area contributed by atoms with Gasteiger partial charge in [0.05, 0.1) is 0 Å². The van der Waals surface area contributed by atoms with Crippen LogP contribution in [0.25, 0.3) is 0 Å². The van der Waals surface area contributed by atoms with Crippen molar-refractivity contribution in [1.82, 2.24) is 4.98 Å². The van der Waals surface area contributed by atoms with Gasteiger partial charge in [-0.25, -0.2) is 0 Å². The number of aromatic nitrogens is 1. The van der Waals surface area contributed by atoms with Gasteiger partial charge in [-0.1, -0.05) is 0 Å². The van der Waals surface area contributed by atoms with Gasteiger partial charge in [0.15, 0.2) is 0 Å². The molecule has 0 aliphatic carbocycles. The maximum atomic E-state index is 11.8. The molecule has 0 radical (unpaired) electrons. The van der Waals surface area contributed by atoms with Crippen molar-refractivity contribution in [2.75, 3.05) is 7.11 Å². The molecule has 1 heterocycles. The van der Waals surface area contributed by atoms with Crippen molar-refractivity contribution >= 4 is 28.1 Å². The van der Waals surface area contributed by atoms with E-state index >= 15 is 0 Å². The van der Waals surface area contributed by atoms with E-state index in [0.717, 1.165) is 40.0 Å². The number of benzene rings is 1. The summed E-state index contributed by atoms with van der Waals surface area (Å²) < 4.78 is 16.2. The van der Waals surface area contributed by atoms with Crippen molar-refractivity contribution in [3.8, 4) is 11.5 Å². The summed E-state index contributed by atoms with van der Waals surface area (Å²) in [5.74, 6) is 0.648. The van der Waals surface area contributed by atoms with Crippen LogP contribution in [0.1, 0.15) is 75.3 Å². The van der Waals surface area contributed by atoms with Gasteiger partial charge >= 0.3 is 198 Å². The molecular weight excluding hydrogens is 509 g/mol. The average molecular weight is 548 g/mol. The number of nitrogens with zero attached hydrogens (tertiary/aromatic N) is 1.